The summed E-state index contributed by atoms with van der Waals surface area (Å²) < 4.78 is 36.3. The molecule has 2 unspecified atom stereocenters. The van der Waals surface area contributed by atoms with Gasteiger partial charge in [-0.25, -0.2) is 8.78 Å². The Morgan fingerprint density at radius 3 is 3.07 bits per heavy atom. The molecule has 3 aromatic heterocycles. The number of carbonyl (C=O) groups excluding carboxylic acids is 1. The van der Waals surface area contributed by atoms with Crippen LogP contribution in [0.25, 0.3) is 11.0 Å². The van der Waals surface area contributed by atoms with E-state index in [0.717, 1.165) is 6.20 Å². The highest BCUT2D eigenvalue weighted by molar-refractivity contribution is 5.87. The second kappa shape index (κ2) is 8.09. The molecule has 11 heteroatoms. The molecule has 9 nitrogen and oxygen atoms in total. The van der Waals surface area contributed by atoms with Crippen molar-refractivity contribution in [1.29, 1.82) is 0 Å². The maximum atomic E-state index is 14.5. The van der Waals surface area contributed by atoms with Gasteiger partial charge in [-0.3, -0.25) is 9.48 Å². The Kier molecular flexibility index (Phi) is 5.34. The molecule has 0 radical (unpaired) electrons. The zero-order valence-electron chi connectivity index (χ0n) is 16.3. The summed E-state index contributed by atoms with van der Waals surface area (Å²) in [6.07, 6.45) is 3.45. The van der Waals surface area contributed by atoms with Gasteiger partial charge in [-0.1, -0.05) is 6.58 Å². The van der Waals surface area contributed by atoms with E-state index in [2.05, 4.69) is 31.9 Å². The van der Waals surface area contributed by atoms with Crippen LogP contribution < -0.4 is 10.1 Å². The summed E-state index contributed by atoms with van der Waals surface area (Å²) >= 11 is 0. The molecule has 1 amide bonds. The minimum absolute atomic E-state index is 0.00951. The lowest BCUT2D eigenvalue weighted by molar-refractivity contribution is -0.130. The van der Waals surface area contributed by atoms with Gasteiger partial charge in [0.2, 0.25) is 17.7 Å². The summed E-state index contributed by atoms with van der Waals surface area (Å²) in [5.74, 6) is -0.896. The van der Waals surface area contributed by atoms with Gasteiger partial charge in [0.25, 0.3) is 0 Å². The molecule has 0 aromatic carbocycles. The van der Waals surface area contributed by atoms with Crippen molar-refractivity contribution in [3.8, 4) is 5.88 Å². The molecule has 158 valence electrons. The van der Waals surface area contributed by atoms with Crippen LogP contribution in [0.1, 0.15) is 13.3 Å². The number of carbonyl (C=O) groups is 1. The van der Waals surface area contributed by atoms with Crippen LogP contribution in [0.2, 0.25) is 0 Å². The van der Waals surface area contributed by atoms with Crippen LogP contribution in [0.15, 0.2) is 31.2 Å². The van der Waals surface area contributed by atoms with Gasteiger partial charge < -0.3 is 19.9 Å². The highest BCUT2D eigenvalue weighted by Gasteiger charge is 2.33. The first-order valence-corrected chi connectivity index (χ1v) is 9.54. The Morgan fingerprint density at radius 1 is 1.50 bits per heavy atom. The van der Waals surface area contributed by atoms with E-state index in [1.54, 1.807) is 17.1 Å². The van der Waals surface area contributed by atoms with Gasteiger partial charge in [0, 0.05) is 25.5 Å². The summed E-state index contributed by atoms with van der Waals surface area (Å²) in [7, 11) is 0. The van der Waals surface area contributed by atoms with E-state index in [-0.39, 0.29) is 48.3 Å². The van der Waals surface area contributed by atoms with Crippen molar-refractivity contribution < 1.29 is 18.3 Å². The number of amides is 1. The summed E-state index contributed by atoms with van der Waals surface area (Å²) in [6, 6.07) is 0. The minimum atomic E-state index is -1.33. The van der Waals surface area contributed by atoms with Crippen molar-refractivity contribution in [2.45, 2.75) is 32.2 Å². The third kappa shape index (κ3) is 3.82. The van der Waals surface area contributed by atoms with Crippen molar-refractivity contribution in [2.75, 3.05) is 18.4 Å². The fourth-order valence-electron chi connectivity index (χ4n) is 3.31. The number of halogens is 2. The molecule has 2 N–H and O–H groups in total. The van der Waals surface area contributed by atoms with Crippen molar-refractivity contribution >= 4 is 28.6 Å². The van der Waals surface area contributed by atoms with Gasteiger partial charge in [0.15, 0.2) is 5.82 Å². The Hall–Kier alpha value is -3.50. The predicted octanol–water partition coefficient (Wildman–Crippen LogP) is 2.56. The number of nitrogens with one attached hydrogen (secondary N) is 2. The summed E-state index contributed by atoms with van der Waals surface area (Å²) in [6.45, 7) is 6.37. The number of fused-ring (bicyclic) bond motifs is 1. The average Bonchev–Trinajstić information content (AvgIpc) is 3.35. The quantitative estimate of drug-likeness (QED) is 0.598. The van der Waals surface area contributed by atoms with Crippen molar-refractivity contribution in [2.24, 2.45) is 0 Å². The van der Waals surface area contributed by atoms with Crippen LogP contribution in [0.5, 0.6) is 5.88 Å². The van der Waals surface area contributed by atoms with E-state index < -0.39 is 18.1 Å². The van der Waals surface area contributed by atoms with Crippen LogP contribution in [0.4, 0.5) is 20.4 Å². The summed E-state index contributed by atoms with van der Waals surface area (Å²) in [5, 5.41) is 7.16. The zero-order valence-corrected chi connectivity index (χ0v) is 16.3. The lowest BCUT2D eigenvalue weighted by Crippen LogP contribution is -2.49. The van der Waals surface area contributed by atoms with Crippen LogP contribution in [-0.4, -0.2) is 60.9 Å². The second-order valence-electron chi connectivity index (χ2n) is 6.87. The summed E-state index contributed by atoms with van der Waals surface area (Å²) in [5.41, 5.74) is 0.839. The van der Waals surface area contributed by atoms with Crippen molar-refractivity contribution in [3.05, 3.63) is 37.1 Å². The van der Waals surface area contributed by atoms with Crippen LogP contribution >= 0.6 is 0 Å². The fourth-order valence-corrected chi connectivity index (χ4v) is 3.31. The molecule has 1 aliphatic heterocycles. The Bertz CT molecular complexity index is 1080. The molecule has 0 aliphatic carbocycles. The molecular formula is C19H21F2N7O2. The molecule has 4 heterocycles. The van der Waals surface area contributed by atoms with Gasteiger partial charge in [-0.15, -0.1) is 0 Å². The molecule has 1 saturated heterocycles. The van der Waals surface area contributed by atoms with Gasteiger partial charge in [-0.2, -0.15) is 15.1 Å². The van der Waals surface area contributed by atoms with E-state index >= 15 is 0 Å². The molecule has 0 saturated carbocycles. The number of likely N-dealkylation sites (tertiary alicyclic amines) is 1. The molecule has 30 heavy (non-hydrogen) atoms. The number of aromatic nitrogens is 5. The zero-order chi connectivity index (χ0) is 21.3. The second-order valence-corrected chi connectivity index (χ2v) is 6.87. The van der Waals surface area contributed by atoms with E-state index in [1.165, 1.54) is 11.0 Å². The standard InChI is InChI=1S/C19H21F2N7O2/c1-3-15(29)27-6-5-12(20)14(10-27)30-18-16-13(21)8-22-17(16)25-19(26-18)24-11-7-23-28(4-2)9-11/h3,7-9,12,14H,1,4-6,10H2,2H3,(H2,22,24,25,26). The number of H-pyrrole nitrogens is 1. The molecule has 0 bridgehead atoms. The third-order valence-electron chi connectivity index (χ3n) is 4.89. The highest BCUT2D eigenvalue weighted by Crippen LogP contribution is 2.30. The van der Waals surface area contributed by atoms with Gasteiger partial charge in [0.1, 0.15) is 23.3 Å². The molecule has 1 fully saturated rings. The topological polar surface area (TPSA) is 101 Å². The average molecular weight is 417 g/mol. The van der Waals surface area contributed by atoms with E-state index in [4.69, 9.17) is 4.74 Å². The lowest BCUT2D eigenvalue weighted by atomic mass is 10.1. The highest BCUT2D eigenvalue weighted by atomic mass is 19.1. The first kappa shape index (κ1) is 19.8. The van der Waals surface area contributed by atoms with Gasteiger partial charge in [0.05, 0.1) is 18.4 Å². The van der Waals surface area contributed by atoms with Crippen LogP contribution in [0, 0.1) is 5.82 Å². The van der Waals surface area contributed by atoms with E-state index in [0.29, 0.717) is 12.2 Å². The first-order chi connectivity index (χ1) is 14.5. The minimum Gasteiger partial charge on any atom is -0.469 e. The first-order valence-electron chi connectivity index (χ1n) is 9.54. The number of nitrogens with zero attached hydrogens (tertiary/aromatic N) is 5. The number of aryl methyl sites for hydroxylation is 1. The fraction of sp³-hybridized carbons (Fsp3) is 0.368. The predicted molar refractivity (Wildman–Crippen MR) is 106 cm³/mol. The monoisotopic (exact) mass is 417 g/mol. The Balaban J connectivity index is 1.64. The van der Waals surface area contributed by atoms with Crippen LogP contribution in [-0.2, 0) is 11.3 Å². The lowest BCUT2D eigenvalue weighted by Gasteiger charge is -2.34. The van der Waals surface area contributed by atoms with Gasteiger partial charge >= 0.3 is 0 Å². The van der Waals surface area contributed by atoms with Crippen molar-refractivity contribution in [1.82, 2.24) is 29.6 Å². The van der Waals surface area contributed by atoms with E-state index in [9.17, 15) is 13.6 Å². The van der Waals surface area contributed by atoms with E-state index in [1.807, 2.05) is 6.92 Å². The smallest absolute Gasteiger partial charge is 0.246 e. The molecule has 2 atom stereocenters. The van der Waals surface area contributed by atoms with Crippen molar-refractivity contribution in [3.63, 3.8) is 0 Å². The molecule has 3 aromatic rings. The number of piperidine rings is 1. The molecule has 4 rings (SSSR count). The molecule has 1 aliphatic rings. The molecular weight excluding hydrogens is 396 g/mol. The number of aromatic amines is 1. The van der Waals surface area contributed by atoms with Gasteiger partial charge in [-0.05, 0) is 19.4 Å². The third-order valence-corrected chi connectivity index (χ3v) is 4.89. The number of alkyl halides is 1. The summed E-state index contributed by atoms with van der Waals surface area (Å²) in [4.78, 5) is 24.6. The normalized spacial score (nSPS) is 19.1. The maximum absolute atomic E-state index is 14.5. The number of ether oxygens (including phenoxy) is 1. The maximum Gasteiger partial charge on any atom is 0.246 e. The molecule has 0 spiro atoms. The number of hydrogen-bond donors (Lipinski definition) is 2. The SMILES string of the molecule is C=CC(=O)N1CCC(F)C(Oc2nc(Nc3cnn(CC)c3)nc3[nH]cc(F)c23)C1. The Morgan fingerprint density at radius 2 is 2.33 bits per heavy atom. The number of anilines is 2. The number of hydrogen-bond acceptors (Lipinski definition) is 6. The Labute approximate surface area is 170 Å². The largest absolute Gasteiger partial charge is 0.469 e. The number of rotatable bonds is 6. The van der Waals surface area contributed by atoms with Crippen LogP contribution in [0.3, 0.4) is 0 Å².